The molecule has 0 bridgehead atoms. The maximum absolute atomic E-state index is 5.46. The first-order valence-electron chi connectivity index (χ1n) is 17.9. The highest BCUT2D eigenvalue weighted by Crippen LogP contribution is 2.44. The van der Waals surface area contributed by atoms with Crippen molar-refractivity contribution in [1.29, 1.82) is 0 Å². The molecule has 0 aliphatic rings. The monoisotopic (exact) mass is 674 g/mol. The summed E-state index contributed by atoms with van der Waals surface area (Å²) in [6.45, 7) is 0. The average Bonchev–Trinajstić information content (AvgIpc) is 3.56. The summed E-state index contributed by atoms with van der Waals surface area (Å²) < 4.78 is 2.31. The second-order valence-corrected chi connectivity index (χ2v) is 13.6. The van der Waals surface area contributed by atoms with Crippen LogP contribution in [0.5, 0.6) is 0 Å². The molecule has 4 heterocycles. The van der Waals surface area contributed by atoms with Gasteiger partial charge in [-0.15, -0.1) is 0 Å². The fourth-order valence-electron chi connectivity index (χ4n) is 8.27. The van der Waals surface area contributed by atoms with Crippen LogP contribution >= 0.6 is 0 Å². The Bertz CT molecular complexity index is 3160. The highest BCUT2D eigenvalue weighted by atomic mass is 15.0. The lowest BCUT2D eigenvalue weighted by Crippen LogP contribution is -1.94. The van der Waals surface area contributed by atoms with Gasteiger partial charge in [0, 0.05) is 50.8 Å². The summed E-state index contributed by atoms with van der Waals surface area (Å²) in [5.74, 6) is 0. The van der Waals surface area contributed by atoms with Crippen LogP contribution in [0.2, 0.25) is 0 Å². The van der Waals surface area contributed by atoms with E-state index < -0.39 is 0 Å². The standard InChI is InChI=1S/C49H30N4/c1-3-11-31(12-4-1)46-36-15-7-9-17-38(36)47(39-18-10-8-16-37(39)46)43-25-22-33-20-19-32-21-24-42(51-48(32)49(33)52-43)34-23-26-44-40(29-34)41-30-50-28-27-45(41)53(44)35-13-5-2-6-14-35/h1-30H. The minimum atomic E-state index is 0.893. The number of hydrogen-bond donors (Lipinski definition) is 0. The van der Waals surface area contributed by atoms with Crippen LogP contribution in [0.15, 0.2) is 182 Å². The van der Waals surface area contributed by atoms with E-state index in [4.69, 9.17) is 9.97 Å². The predicted molar refractivity (Wildman–Crippen MR) is 220 cm³/mol. The molecule has 0 radical (unpaired) electrons. The number of nitrogens with zero attached hydrogens (tertiary/aromatic N) is 4. The summed E-state index contributed by atoms with van der Waals surface area (Å²) in [6, 6.07) is 60.4. The molecular formula is C49H30N4. The fraction of sp³-hybridized carbons (Fsp3) is 0. The first kappa shape index (κ1) is 29.5. The number of benzene rings is 7. The van der Waals surface area contributed by atoms with Gasteiger partial charge in [-0.1, -0.05) is 127 Å². The molecule has 4 heteroatoms. The number of rotatable bonds is 4. The topological polar surface area (TPSA) is 43.6 Å². The number of para-hydroxylation sites is 1. The molecule has 53 heavy (non-hydrogen) atoms. The van der Waals surface area contributed by atoms with E-state index in [-0.39, 0.29) is 0 Å². The second kappa shape index (κ2) is 11.7. The number of hydrogen-bond acceptors (Lipinski definition) is 3. The van der Waals surface area contributed by atoms with Gasteiger partial charge in [0.2, 0.25) is 0 Å². The van der Waals surface area contributed by atoms with Gasteiger partial charge in [0.25, 0.3) is 0 Å². The largest absolute Gasteiger partial charge is 0.309 e. The Morgan fingerprint density at radius 1 is 0.377 bits per heavy atom. The van der Waals surface area contributed by atoms with Crippen LogP contribution in [-0.4, -0.2) is 19.5 Å². The van der Waals surface area contributed by atoms with Crippen molar-refractivity contribution >= 4 is 65.2 Å². The summed E-state index contributed by atoms with van der Waals surface area (Å²) in [6.07, 6.45) is 3.83. The lowest BCUT2D eigenvalue weighted by molar-refractivity contribution is 1.17. The van der Waals surface area contributed by atoms with Crippen LogP contribution in [0.3, 0.4) is 0 Å². The fourth-order valence-corrected chi connectivity index (χ4v) is 8.27. The molecule has 11 rings (SSSR count). The number of aromatic nitrogens is 4. The van der Waals surface area contributed by atoms with E-state index in [1.165, 1.54) is 32.7 Å². The van der Waals surface area contributed by atoms with Crippen molar-refractivity contribution in [3.8, 4) is 39.3 Å². The van der Waals surface area contributed by atoms with Crippen LogP contribution < -0.4 is 0 Å². The average molecular weight is 675 g/mol. The second-order valence-electron chi connectivity index (χ2n) is 13.6. The smallest absolute Gasteiger partial charge is 0.0972 e. The van der Waals surface area contributed by atoms with Crippen LogP contribution in [0.1, 0.15) is 0 Å². The minimum Gasteiger partial charge on any atom is -0.309 e. The molecule has 11 aromatic rings. The SMILES string of the molecule is c1ccc(-c2c3ccccc3c(-c3ccc4ccc5ccc(-c6ccc7c(c6)c6cnccc6n7-c6ccccc6)nc5c4n3)c3ccccc23)cc1. The molecule has 0 N–H and O–H groups in total. The van der Waals surface area contributed by atoms with Crippen molar-refractivity contribution in [2.75, 3.05) is 0 Å². The molecule has 0 spiro atoms. The lowest BCUT2D eigenvalue weighted by Gasteiger charge is -2.17. The van der Waals surface area contributed by atoms with Crippen molar-refractivity contribution in [3.05, 3.63) is 182 Å². The van der Waals surface area contributed by atoms with Gasteiger partial charge in [-0.25, -0.2) is 9.97 Å². The van der Waals surface area contributed by atoms with Gasteiger partial charge in [-0.05, 0) is 75.1 Å². The van der Waals surface area contributed by atoms with E-state index in [0.29, 0.717) is 0 Å². The van der Waals surface area contributed by atoms with E-state index in [1.807, 2.05) is 12.4 Å². The molecule has 0 aliphatic heterocycles. The van der Waals surface area contributed by atoms with Crippen LogP contribution in [-0.2, 0) is 0 Å². The van der Waals surface area contributed by atoms with Crippen LogP contribution in [0.4, 0.5) is 0 Å². The first-order chi connectivity index (χ1) is 26.3. The molecule has 0 saturated heterocycles. The van der Waals surface area contributed by atoms with Crippen LogP contribution in [0, 0.1) is 0 Å². The normalized spacial score (nSPS) is 11.8. The maximum atomic E-state index is 5.46. The van der Waals surface area contributed by atoms with Gasteiger partial charge in [0.05, 0.1) is 33.5 Å². The molecule has 0 unspecified atom stereocenters. The molecule has 4 aromatic heterocycles. The highest BCUT2D eigenvalue weighted by Gasteiger charge is 2.19. The molecule has 7 aromatic carbocycles. The Labute approximate surface area is 305 Å². The zero-order valence-electron chi connectivity index (χ0n) is 28.6. The third kappa shape index (κ3) is 4.59. The van der Waals surface area contributed by atoms with E-state index in [9.17, 15) is 0 Å². The molecule has 0 aliphatic carbocycles. The molecule has 0 fully saturated rings. The summed E-state index contributed by atoms with van der Waals surface area (Å²) >= 11 is 0. The zero-order valence-corrected chi connectivity index (χ0v) is 28.6. The summed E-state index contributed by atoms with van der Waals surface area (Å²) in [7, 11) is 0. The van der Waals surface area contributed by atoms with Gasteiger partial charge in [-0.3, -0.25) is 4.98 Å². The van der Waals surface area contributed by atoms with Crippen molar-refractivity contribution in [2.45, 2.75) is 0 Å². The maximum Gasteiger partial charge on any atom is 0.0972 e. The Hall–Kier alpha value is -7.17. The Kier molecular flexibility index (Phi) is 6.52. The van der Waals surface area contributed by atoms with Crippen LogP contribution in [0.25, 0.3) is 104 Å². The quantitative estimate of drug-likeness (QED) is 0.138. The lowest BCUT2D eigenvalue weighted by atomic mass is 9.87. The summed E-state index contributed by atoms with van der Waals surface area (Å²) in [5, 5.41) is 9.18. The van der Waals surface area contributed by atoms with E-state index >= 15 is 0 Å². The van der Waals surface area contributed by atoms with Crippen molar-refractivity contribution in [2.24, 2.45) is 0 Å². The Balaban J connectivity index is 1.12. The van der Waals surface area contributed by atoms with E-state index in [2.05, 4.69) is 179 Å². The molecule has 0 amide bonds. The molecule has 4 nitrogen and oxygen atoms in total. The summed E-state index contributed by atoms with van der Waals surface area (Å²) in [4.78, 5) is 15.3. The molecule has 0 atom stereocenters. The Morgan fingerprint density at radius 3 is 1.60 bits per heavy atom. The van der Waals surface area contributed by atoms with Gasteiger partial charge in [0.1, 0.15) is 0 Å². The van der Waals surface area contributed by atoms with E-state index in [0.717, 1.165) is 71.8 Å². The molecular weight excluding hydrogens is 645 g/mol. The summed E-state index contributed by atoms with van der Waals surface area (Å²) in [5.41, 5.74) is 11.7. The molecule has 0 saturated carbocycles. The van der Waals surface area contributed by atoms with Gasteiger partial charge in [0.15, 0.2) is 0 Å². The minimum absolute atomic E-state index is 0.893. The first-order valence-corrected chi connectivity index (χ1v) is 17.9. The number of pyridine rings is 3. The third-order valence-electron chi connectivity index (χ3n) is 10.6. The Morgan fingerprint density at radius 2 is 0.925 bits per heavy atom. The highest BCUT2D eigenvalue weighted by molar-refractivity contribution is 6.21. The van der Waals surface area contributed by atoms with Crippen molar-refractivity contribution < 1.29 is 0 Å². The van der Waals surface area contributed by atoms with E-state index in [1.54, 1.807) is 0 Å². The van der Waals surface area contributed by atoms with Gasteiger partial charge >= 0.3 is 0 Å². The zero-order chi connectivity index (χ0) is 34.9. The van der Waals surface area contributed by atoms with Gasteiger partial charge < -0.3 is 4.57 Å². The molecule has 246 valence electrons. The van der Waals surface area contributed by atoms with Crippen molar-refractivity contribution in [1.82, 2.24) is 19.5 Å². The predicted octanol–water partition coefficient (Wildman–Crippen LogP) is 12.6. The number of fused-ring (bicyclic) bond motifs is 8. The van der Waals surface area contributed by atoms with Gasteiger partial charge in [-0.2, -0.15) is 0 Å². The van der Waals surface area contributed by atoms with Crippen molar-refractivity contribution in [3.63, 3.8) is 0 Å². The third-order valence-corrected chi connectivity index (χ3v) is 10.6.